The fraction of sp³-hybridized carbons (Fsp3) is 0.200. The van der Waals surface area contributed by atoms with Gasteiger partial charge in [0.05, 0.1) is 0 Å². The van der Waals surface area contributed by atoms with Crippen LogP contribution in [0.1, 0.15) is 12.5 Å². The number of carbonyl (C=O) groups is 1. The van der Waals surface area contributed by atoms with Crippen LogP contribution in [-0.2, 0) is 4.79 Å². The van der Waals surface area contributed by atoms with E-state index in [0.29, 0.717) is 6.54 Å². The quantitative estimate of drug-likeness (QED) is 0.738. The van der Waals surface area contributed by atoms with Crippen molar-refractivity contribution in [3.8, 4) is 0 Å². The van der Waals surface area contributed by atoms with E-state index in [1.165, 1.54) is 19.2 Å². The van der Waals surface area contributed by atoms with Crippen LogP contribution in [0.15, 0.2) is 24.4 Å². The van der Waals surface area contributed by atoms with Crippen LogP contribution in [0, 0.1) is 5.95 Å². The number of hydrogen-bond donors (Lipinski definition) is 1. The molecule has 0 bridgehead atoms. The summed E-state index contributed by atoms with van der Waals surface area (Å²) in [6.07, 6.45) is 4.97. The Balaban J connectivity index is 2.44. The lowest BCUT2D eigenvalue weighted by Crippen LogP contribution is -2.19. The summed E-state index contributed by atoms with van der Waals surface area (Å²) in [6, 6.07) is 2.91. The second-order valence-corrected chi connectivity index (χ2v) is 2.75. The monoisotopic (exact) mass is 194 g/mol. The third-order valence-corrected chi connectivity index (χ3v) is 1.53. The summed E-state index contributed by atoms with van der Waals surface area (Å²) < 4.78 is 12.4. The number of nitrogens with one attached hydrogen (secondary N) is 1. The number of hydrogen-bond acceptors (Lipinski definition) is 2. The Labute approximate surface area is 81.7 Å². The van der Waals surface area contributed by atoms with Crippen LogP contribution in [0.25, 0.3) is 6.08 Å². The van der Waals surface area contributed by atoms with Gasteiger partial charge in [-0.15, -0.1) is 0 Å². The fourth-order valence-electron chi connectivity index (χ4n) is 0.884. The Morgan fingerprint density at radius 1 is 1.64 bits per heavy atom. The highest BCUT2D eigenvalue weighted by Gasteiger charge is 1.90. The zero-order valence-corrected chi connectivity index (χ0v) is 7.83. The van der Waals surface area contributed by atoms with Crippen molar-refractivity contribution in [2.75, 3.05) is 6.54 Å². The molecular weight excluding hydrogens is 183 g/mol. The second kappa shape index (κ2) is 5.11. The lowest BCUT2D eigenvalue weighted by molar-refractivity contribution is -0.118. The maximum atomic E-state index is 12.4. The standard InChI is InChI=1S/C10H11FN2O/c1-8(14)12-6-2-3-9-4-5-10(11)13-7-9/h2-5,7H,6H2,1H3,(H,12,14). The summed E-state index contributed by atoms with van der Waals surface area (Å²) >= 11 is 0. The molecule has 4 heteroatoms. The van der Waals surface area contributed by atoms with Gasteiger partial charge >= 0.3 is 0 Å². The van der Waals surface area contributed by atoms with Gasteiger partial charge in [0.2, 0.25) is 11.9 Å². The van der Waals surface area contributed by atoms with Crippen molar-refractivity contribution < 1.29 is 9.18 Å². The minimum Gasteiger partial charge on any atom is -0.353 e. The largest absolute Gasteiger partial charge is 0.353 e. The van der Waals surface area contributed by atoms with E-state index in [1.54, 1.807) is 18.2 Å². The molecule has 0 aliphatic heterocycles. The molecule has 1 amide bonds. The van der Waals surface area contributed by atoms with E-state index >= 15 is 0 Å². The second-order valence-electron chi connectivity index (χ2n) is 2.75. The Kier molecular flexibility index (Phi) is 3.79. The van der Waals surface area contributed by atoms with Gasteiger partial charge in [-0.2, -0.15) is 4.39 Å². The fourth-order valence-corrected chi connectivity index (χ4v) is 0.884. The van der Waals surface area contributed by atoms with Crippen LogP contribution < -0.4 is 5.32 Å². The number of aromatic nitrogens is 1. The molecule has 1 heterocycles. The average molecular weight is 194 g/mol. The first-order valence-electron chi connectivity index (χ1n) is 4.21. The topological polar surface area (TPSA) is 42.0 Å². The van der Waals surface area contributed by atoms with Gasteiger partial charge in [-0.25, -0.2) is 4.98 Å². The smallest absolute Gasteiger partial charge is 0.217 e. The molecule has 0 atom stereocenters. The molecule has 0 spiro atoms. The number of pyridine rings is 1. The number of amides is 1. The van der Waals surface area contributed by atoms with Gasteiger partial charge in [-0.1, -0.05) is 12.2 Å². The number of carbonyl (C=O) groups excluding carboxylic acids is 1. The first kappa shape index (κ1) is 10.4. The Bertz CT molecular complexity index is 332. The zero-order valence-electron chi connectivity index (χ0n) is 7.83. The Hall–Kier alpha value is -1.71. The predicted molar refractivity (Wildman–Crippen MR) is 51.9 cm³/mol. The normalized spacial score (nSPS) is 10.4. The van der Waals surface area contributed by atoms with E-state index in [-0.39, 0.29) is 5.91 Å². The van der Waals surface area contributed by atoms with Crippen LogP contribution in [0.3, 0.4) is 0 Å². The van der Waals surface area contributed by atoms with Crippen molar-refractivity contribution in [3.63, 3.8) is 0 Å². The first-order valence-corrected chi connectivity index (χ1v) is 4.21. The van der Waals surface area contributed by atoms with Crippen molar-refractivity contribution in [1.29, 1.82) is 0 Å². The van der Waals surface area contributed by atoms with E-state index in [4.69, 9.17) is 0 Å². The molecule has 1 N–H and O–H groups in total. The van der Waals surface area contributed by atoms with Gasteiger partial charge in [-0.05, 0) is 17.7 Å². The van der Waals surface area contributed by atoms with E-state index in [9.17, 15) is 9.18 Å². The molecule has 0 aromatic carbocycles. The minimum absolute atomic E-state index is 0.0770. The van der Waals surface area contributed by atoms with Crippen LogP contribution in [-0.4, -0.2) is 17.4 Å². The van der Waals surface area contributed by atoms with Crippen LogP contribution in [0.5, 0.6) is 0 Å². The number of nitrogens with zero attached hydrogens (tertiary/aromatic N) is 1. The summed E-state index contributed by atoms with van der Waals surface area (Å²) in [4.78, 5) is 14.0. The van der Waals surface area contributed by atoms with E-state index in [2.05, 4.69) is 10.3 Å². The summed E-state index contributed by atoms with van der Waals surface area (Å²) in [5.41, 5.74) is 0.803. The van der Waals surface area contributed by atoms with Crippen molar-refractivity contribution in [1.82, 2.24) is 10.3 Å². The highest BCUT2D eigenvalue weighted by molar-refractivity contribution is 5.73. The van der Waals surface area contributed by atoms with Crippen LogP contribution in [0.4, 0.5) is 4.39 Å². The Morgan fingerprint density at radius 3 is 3.00 bits per heavy atom. The zero-order chi connectivity index (χ0) is 10.4. The maximum Gasteiger partial charge on any atom is 0.217 e. The molecule has 3 nitrogen and oxygen atoms in total. The summed E-state index contributed by atoms with van der Waals surface area (Å²) in [5, 5.41) is 2.61. The SMILES string of the molecule is CC(=O)NCC=Cc1ccc(F)nc1. The summed E-state index contributed by atoms with van der Waals surface area (Å²) in [6.45, 7) is 1.92. The van der Waals surface area contributed by atoms with Crippen molar-refractivity contribution >= 4 is 12.0 Å². The number of rotatable bonds is 3. The average Bonchev–Trinajstić information content (AvgIpc) is 2.15. The van der Waals surface area contributed by atoms with Gasteiger partial charge < -0.3 is 5.32 Å². The number of halogens is 1. The molecule has 1 rings (SSSR count). The van der Waals surface area contributed by atoms with E-state index < -0.39 is 5.95 Å². The minimum atomic E-state index is -0.496. The van der Waals surface area contributed by atoms with Gasteiger partial charge in [-0.3, -0.25) is 4.79 Å². The molecule has 0 saturated heterocycles. The molecule has 0 radical (unpaired) electrons. The molecule has 14 heavy (non-hydrogen) atoms. The molecule has 0 aliphatic carbocycles. The molecule has 1 aromatic rings. The van der Waals surface area contributed by atoms with Gasteiger partial charge in [0, 0.05) is 19.7 Å². The lowest BCUT2D eigenvalue weighted by Gasteiger charge is -1.95. The molecule has 0 unspecified atom stereocenters. The summed E-state index contributed by atoms with van der Waals surface area (Å²) in [5.74, 6) is -0.573. The summed E-state index contributed by atoms with van der Waals surface area (Å²) in [7, 11) is 0. The molecule has 74 valence electrons. The van der Waals surface area contributed by atoms with Crippen molar-refractivity contribution in [2.45, 2.75) is 6.92 Å². The molecular formula is C10H11FN2O. The van der Waals surface area contributed by atoms with E-state index in [0.717, 1.165) is 5.56 Å². The maximum absolute atomic E-state index is 12.4. The van der Waals surface area contributed by atoms with Gasteiger partial charge in [0.15, 0.2) is 0 Å². The van der Waals surface area contributed by atoms with Crippen molar-refractivity contribution in [2.24, 2.45) is 0 Å². The lowest BCUT2D eigenvalue weighted by atomic mass is 10.2. The highest BCUT2D eigenvalue weighted by Crippen LogP contribution is 2.00. The molecule has 1 aromatic heterocycles. The van der Waals surface area contributed by atoms with Gasteiger partial charge in [0.1, 0.15) is 0 Å². The van der Waals surface area contributed by atoms with Crippen molar-refractivity contribution in [3.05, 3.63) is 35.9 Å². The predicted octanol–water partition coefficient (Wildman–Crippen LogP) is 1.37. The Morgan fingerprint density at radius 2 is 2.43 bits per heavy atom. The third-order valence-electron chi connectivity index (χ3n) is 1.53. The third kappa shape index (κ3) is 3.80. The van der Waals surface area contributed by atoms with Crippen LogP contribution >= 0.6 is 0 Å². The van der Waals surface area contributed by atoms with E-state index in [1.807, 2.05) is 0 Å². The molecule has 0 saturated carbocycles. The highest BCUT2D eigenvalue weighted by atomic mass is 19.1. The molecule has 0 fully saturated rings. The molecule has 0 aliphatic rings. The van der Waals surface area contributed by atoms with Gasteiger partial charge in [0.25, 0.3) is 0 Å². The van der Waals surface area contributed by atoms with Crippen LogP contribution in [0.2, 0.25) is 0 Å². The first-order chi connectivity index (χ1) is 6.68.